The van der Waals surface area contributed by atoms with Gasteiger partial charge in [0.2, 0.25) is 5.91 Å². The van der Waals surface area contributed by atoms with E-state index in [2.05, 4.69) is 27.9 Å². The Morgan fingerprint density at radius 1 is 1.05 bits per heavy atom. The molecule has 38 heavy (non-hydrogen) atoms. The summed E-state index contributed by atoms with van der Waals surface area (Å²) in [6.45, 7) is 1.83. The fourth-order valence-electron chi connectivity index (χ4n) is 3.52. The maximum Gasteiger partial charge on any atom is 0.294 e. The van der Waals surface area contributed by atoms with Crippen molar-refractivity contribution in [1.82, 2.24) is 4.90 Å². The van der Waals surface area contributed by atoms with Crippen molar-refractivity contribution < 1.29 is 32.6 Å². The highest BCUT2D eigenvalue weighted by Crippen LogP contribution is 2.38. The molecule has 0 spiro atoms. The summed E-state index contributed by atoms with van der Waals surface area (Å²) in [4.78, 5) is 38.7. The van der Waals surface area contributed by atoms with Crippen LogP contribution in [0.3, 0.4) is 0 Å². The quantitative estimate of drug-likeness (QED) is 0.219. The van der Waals surface area contributed by atoms with E-state index in [9.17, 15) is 23.2 Å². The molecule has 0 aliphatic carbocycles. The van der Waals surface area contributed by atoms with Crippen molar-refractivity contribution in [3.63, 3.8) is 0 Å². The molecule has 3 aromatic rings. The van der Waals surface area contributed by atoms with Crippen LogP contribution < -0.4 is 14.8 Å². The summed E-state index contributed by atoms with van der Waals surface area (Å²) in [7, 11) is 0. The normalized spacial score (nSPS) is 14.2. The minimum Gasteiger partial charge on any atom is -0.490 e. The van der Waals surface area contributed by atoms with Crippen LogP contribution in [0.4, 0.5) is 19.3 Å². The second-order valence-electron chi connectivity index (χ2n) is 8.00. The first-order chi connectivity index (χ1) is 18.2. The molecule has 4 rings (SSSR count). The van der Waals surface area contributed by atoms with Crippen molar-refractivity contribution in [2.45, 2.75) is 13.5 Å². The summed E-state index contributed by atoms with van der Waals surface area (Å²) in [6.07, 6.45) is 1.55. The van der Waals surface area contributed by atoms with Gasteiger partial charge in [0.25, 0.3) is 11.1 Å². The van der Waals surface area contributed by atoms with E-state index in [1.54, 1.807) is 30.3 Å². The zero-order valence-corrected chi connectivity index (χ0v) is 23.0. The van der Waals surface area contributed by atoms with Gasteiger partial charge in [-0.1, -0.05) is 12.1 Å². The summed E-state index contributed by atoms with van der Waals surface area (Å²) >= 11 is 2.80. The van der Waals surface area contributed by atoms with Gasteiger partial charge in [-0.15, -0.1) is 0 Å². The minimum absolute atomic E-state index is 0.131. The Bertz CT molecular complexity index is 1420. The molecule has 0 aromatic heterocycles. The number of amides is 3. The van der Waals surface area contributed by atoms with Gasteiger partial charge in [0.1, 0.15) is 24.8 Å². The van der Waals surface area contributed by atoms with Gasteiger partial charge in [0.15, 0.2) is 11.5 Å². The van der Waals surface area contributed by atoms with Gasteiger partial charge >= 0.3 is 0 Å². The molecule has 11 heteroatoms. The number of rotatable bonds is 9. The largest absolute Gasteiger partial charge is 0.490 e. The lowest BCUT2D eigenvalue weighted by atomic mass is 10.1. The molecule has 1 saturated heterocycles. The molecule has 0 bridgehead atoms. The van der Waals surface area contributed by atoms with E-state index in [1.165, 1.54) is 36.4 Å². The van der Waals surface area contributed by atoms with E-state index in [4.69, 9.17) is 9.47 Å². The molecular weight excluding hydrogens is 629 g/mol. The molecule has 0 unspecified atom stereocenters. The van der Waals surface area contributed by atoms with Crippen LogP contribution in [-0.2, 0) is 16.2 Å². The molecular formula is C27H21F2IN2O5S. The molecule has 0 atom stereocenters. The first-order valence-corrected chi connectivity index (χ1v) is 13.3. The van der Waals surface area contributed by atoms with Crippen molar-refractivity contribution in [3.8, 4) is 11.5 Å². The van der Waals surface area contributed by atoms with Crippen LogP contribution in [0.2, 0.25) is 0 Å². The number of carbonyl (C=O) groups excluding carboxylic acids is 3. The van der Waals surface area contributed by atoms with E-state index in [1.807, 2.05) is 6.92 Å². The van der Waals surface area contributed by atoms with Gasteiger partial charge in [-0.25, -0.2) is 8.78 Å². The average Bonchev–Trinajstić information content (AvgIpc) is 3.12. The molecule has 0 radical (unpaired) electrons. The number of hydrogen-bond acceptors (Lipinski definition) is 6. The van der Waals surface area contributed by atoms with Gasteiger partial charge in [-0.2, -0.15) is 0 Å². The molecule has 1 fully saturated rings. The second kappa shape index (κ2) is 12.4. The number of nitrogens with zero attached hydrogens (tertiary/aromatic N) is 1. The Morgan fingerprint density at radius 3 is 2.53 bits per heavy atom. The zero-order valence-electron chi connectivity index (χ0n) is 20.0. The summed E-state index contributed by atoms with van der Waals surface area (Å²) in [5, 5.41) is 1.95. The molecule has 1 N–H and O–H groups in total. The molecule has 1 aliphatic heterocycles. The number of halogens is 3. The van der Waals surface area contributed by atoms with Gasteiger partial charge in [0.05, 0.1) is 15.1 Å². The van der Waals surface area contributed by atoms with Gasteiger partial charge in [-0.05, 0) is 107 Å². The maximum atomic E-state index is 13.5. The molecule has 0 saturated carbocycles. The topological polar surface area (TPSA) is 84.9 Å². The van der Waals surface area contributed by atoms with Crippen LogP contribution in [0.25, 0.3) is 6.08 Å². The lowest BCUT2D eigenvalue weighted by Crippen LogP contribution is -2.36. The summed E-state index contributed by atoms with van der Waals surface area (Å²) in [6, 6.07) is 14.7. The van der Waals surface area contributed by atoms with Crippen LogP contribution in [0.5, 0.6) is 11.5 Å². The van der Waals surface area contributed by atoms with E-state index < -0.39 is 29.4 Å². The van der Waals surface area contributed by atoms with E-state index in [0.29, 0.717) is 38.5 Å². The summed E-state index contributed by atoms with van der Waals surface area (Å²) in [5.41, 5.74) is 1.60. The highest BCUT2D eigenvalue weighted by atomic mass is 127. The van der Waals surface area contributed by atoms with Crippen LogP contribution in [0.15, 0.2) is 65.6 Å². The van der Waals surface area contributed by atoms with Crippen LogP contribution in [0, 0.1) is 15.2 Å². The molecule has 3 amide bonds. The predicted octanol–water partition coefficient (Wildman–Crippen LogP) is 6.22. The SMILES string of the molecule is CCOc1cc(/C=C2\SC(=O)N(CC(=O)Nc3ccc(F)cc3)C2=O)cc(I)c1OCc1cccc(F)c1. The van der Waals surface area contributed by atoms with Crippen LogP contribution in [0.1, 0.15) is 18.1 Å². The number of imide groups is 1. The van der Waals surface area contributed by atoms with E-state index in [0.717, 1.165) is 16.7 Å². The standard InChI is InChI=1S/C27H21F2IN2O5S/c1-2-36-22-12-17(11-21(30)25(22)37-15-16-4-3-5-19(29)10-16)13-23-26(34)32(27(35)38-23)14-24(33)31-20-8-6-18(28)7-9-20/h3-13H,2,14-15H2,1H3,(H,31,33)/b23-13-. The van der Waals surface area contributed by atoms with Gasteiger partial charge < -0.3 is 14.8 Å². The number of hydrogen-bond donors (Lipinski definition) is 1. The number of nitrogens with one attached hydrogen (secondary N) is 1. The first kappa shape index (κ1) is 27.6. The van der Waals surface area contributed by atoms with E-state index in [-0.39, 0.29) is 17.3 Å². The van der Waals surface area contributed by atoms with Crippen molar-refractivity contribution in [3.05, 3.63) is 91.9 Å². The average molecular weight is 650 g/mol. The maximum absolute atomic E-state index is 13.5. The number of thioether (sulfide) groups is 1. The Kier molecular flexibility index (Phi) is 9.00. The Balaban J connectivity index is 1.48. The molecule has 7 nitrogen and oxygen atoms in total. The van der Waals surface area contributed by atoms with E-state index >= 15 is 0 Å². The van der Waals surface area contributed by atoms with Gasteiger partial charge in [-0.3, -0.25) is 19.3 Å². The van der Waals surface area contributed by atoms with Crippen molar-refractivity contribution in [2.75, 3.05) is 18.5 Å². The lowest BCUT2D eigenvalue weighted by molar-refractivity contribution is -0.127. The van der Waals surface area contributed by atoms with Crippen molar-refractivity contribution in [1.29, 1.82) is 0 Å². The van der Waals surface area contributed by atoms with Crippen molar-refractivity contribution >= 4 is 63.2 Å². The number of carbonyl (C=O) groups is 3. The lowest BCUT2D eigenvalue weighted by Gasteiger charge is -2.15. The highest BCUT2D eigenvalue weighted by Gasteiger charge is 2.36. The Hall–Kier alpha value is -3.45. The Morgan fingerprint density at radius 2 is 1.82 bits per heavy atom. The van der Waals surface area contributed by atoms with Crippen LogP contribution >= 0.6 is 34.4 Å². The summed E-state index contributed by atoms with van der Waals surface area (Å²) < 4.78 is 38.9. The smallest absolute Gasteiger partial charge is 0.294 e. The first-order valence-electron chi connectivity index (χ1n) is 11.4. The second-order valence-corrected chi connectivity index (χ2v) is 10.2. The predicted molar refractivity (Wildman–Crippen MR) is 149 cm³/mol. The number of benzene rings is 3. The van der Waals surface area contributed by atoms with Crippen LogP contribution in [-0.4, -0.2) is 35.1 Å². The molecule has 196 valence electrons. The third-order valence-electron chi connectivity index (χ3n) is 5.20. The Labute approximate surface area is 235 Å². The third kappa shape index (κ3) is 6.90. The summed E-state index contributed by atoms with van der Waals surface area (Å²) in [5.74, 6) is -1.10. The number of ether oxygens (including phenoxy) is 2. The monoisotopic (exact) mass is 650 g/mol. The number of anilines is 1. The molecule has 1 heterocycles. The fraction of sp³-hybridized carbons (Fsp3) is 0.148. The zero-order chi connectivity index (χ0) is 27.2. The van der Waals surface area contributed by atoms with Gasteiger partial charge in [0, 0.05) is 5.69 Å². The minimum atomic E-state index is -0.603. The van der Waals surface area contributed by atoms with Crippen molar-refractivity contribution in [2.24, 2.45) is 0 Å². The fourth-order valence-corrected chi connectivity index (χ4v) is 5.14. The molecule has 3 aromatic carbocycles. The highest BCUT2D eigenvalue weighted by molar-refractivity contribution is 14.1. The third-order valence-corrected chi connectivity index (χ3v) is 6.91. The molecule has 1 aliphatic rings.